The van der Waals surface area contributed by atoms with Crippen molar-refractivity contribution in [2.45, 2.75) is 0 Å². The standard InChI is InChI=1S/C8H9NO2/c1-11-7-2-3-8(9)6(4-7)5-10/h2-5H,9H2,1H3. The van der Waals surface area contributed by atoms with E-state index in [4.69, 9.17) is 10.5 Å². The topological polar surface area (TPSA) is 52.3 Å². The fourth-order valence-corrected chi connectivity index (χ4v) is 0.782. The molecule has 3 heteroatoms. The van der Waals surface area contributed by atoms with E-state index in [0.717, 1.165) is 0 Å². The fraction of sp³-hybridized carbons (Fsp3) is 0.125. The summed E-state index contributed by atoms with van der Waals surface area (Å²) in [7, 11) is 1.54. The Kier molecular flexibility index (Phi) is 2.11. The van der Waals surface area contributed by atoms with Gasteiger partial charge in [0.15, 0.2) is 6.29 Å². The van der Waals surface area contributed by atoms with Crippen LogP contribution in [0.25, 0.3) is 0 Å². The summed E-state index contributed by atoms with van der Waals surface area (Å²) < 4.78 is 4.90. The molecule has 0 unspecified atom stereocenters. The monoisotopic (exact) mass is 151 g/mol. The van der Waals surface area contributed by atoms with Crippen LogP contribution in [0.1, 0.15) is 10.4 Å². The molecule has 0 aromatic heterocycles. The number of ether oxygens (including phenoxy) is 1. The highest BCUT2D eigenvalue weighted by atomic mass is 16.5. The Bertz CT molecular complexity index is 271. The molecule has 0 radical (unpaired) electrons. The van der Waals surface area contributed by atoms with Crippen molar-refractivity contribution in [1.82, 2.24) is 0 Å². The molecule has 0 spiro atoms. The number of benzene rings is 1. The Labute approximate surface area is 64.8 Å². The van der Waals surface area contributed by atoms with E-state index in [1.807, 2.05) is 0 Å². The summed E-state index contributed by atoms with van der Waals surface area (Å²) in [4.78, 5) is 10.4. The molecule has 11 heavy (non-hydrogen) atoms. The lowest BCUT2D eigenvalue weighted by atomic mass is 10.2. The predicted octanol–water partition coefficient (Wildman–Crippen LogP) is 1.09. The molecule has 0 aliphatic heterocycles. The van der Waals surface area contributed by atoms with Gasteiger partial charge in [0.2, 0.25) is 0 Å². The fourth-order valence-electron chi connectivity index (χ4n) is 0.782. The molecule has 0 heterocycles. The molecule has 0 saturated heterocycles. The van der Waals surface area contributed by atoms with Crippen LogP contribution >= 0.6 is 0 Å². The van der Waals surface area contributed by atoms with E-state index in [9.17, 15) is 4.79 Å². The van der Waals surface area contributed by atoms with E-state index in [2.05, 4.69) is 0 Å². The van der Waals surface area contributed by atoms with Gasteiger partial charge in [-0.3, -0.25) is 4.79 Å². The minimum absolute atomic E-state index is 0.462. The lowest BCUT2D eigenvalue weighted by molar-refractivity contribution is 0.112. The van der Waals surface area contributed by atoms with Crippen LogP contribution in [0.5, 0.6) is 5.75 Å². The average Bonchev–Trinajstić information content (AvgIpc) is 2.05. The van der Waals surface area contributed by atoms with Crippen molar-refractivity contribution < 1.29 is 9.53 Å². The zero-order valence-electron chi connectivity index (χ0n) is 6.20. The molecule has 0 atom stereocenters. The molecule has 0 aliphatic carbocycles. The van der Waals surface area contributed by atoms with Gasteiger partial charge in [0, 0.05) is 11.3 Å². The molecule has 1 aromatic carbocycles. The van der Waals surface area contributed by atoms with Gasteiger partial charge >= 0.3 is 0 Å². The summed E-state index contributed by atoms with van der Waals surface area (Å²) in [5, 5.41) is 0. The second-order valence-corrected chi connectivity index (χ2v) is 2.11. The highest BCUT2D eigenvalue weighted by Crippen LogP contribution is 2.17. The summed E-state index contributed by atoms with van der Waals surface area (Å²) in [5.41, 5.74) is 6.40. The number of nitrogens with two attached hydrogens (primary N) is 1. The van der Waals surface area contributed by atoms with Crippen LogP contribution in [0.15, 0.2) is 18.2 Å². The van der Waals surface area contributed by atoms with E-state index in [1.54, 1.807) is 25.3 Å². The number of hydrogen-bond acceptors (Lipinski definition) is 3. The molecule has 0 saturated carbocycles. The van der Waals surface area contributed by atoms with Gasteiger partial charge in [0.25, 0.3) is 0 Å². The molecule has 0 fully saturated rings. The molecular formula is C8H9NO2. The summed E-state index contributed by atoms with van der Waals surface area (Å²) in [6.45, 7) is 0. The molecule has 0 bridgehead atoms. The SMILES string of the molecule is COc1ccc(N)c(C=O)c1. The molecule has 0 aliphatic rings. The summed E-state index contributed by atoms with van der Waals surface area (Å²) >= 11 is 0. The van der Waals surface area contributed by atoms with Crippen LogP contribution < -0.4 is 10.5 Å². The average molecular weight is 151 g/mol. The van der Waals surface area contributed by atoms with Crippen molar-refractivity contribution in [3.05, 3.63) is 23.8 Å². The van der Waals surface area contributed by atoms with Crippen molar-refractivity contribution in [2.24, 2.45) is 0 Å². The lowest BCUT2D eigenvalue weighted by Gasteiger charge is -2.01. The number of carbonyl (C=O) groups excluding carboxylic acids is 1. The largest absolute Gasteiger partial charge is 0.497 e. The van der Waals surface area contributed by atoms with Crippen molar-refractivity contribution >= 4 is 12.0 Å². The molecule has 0 amide bonds. The van der Waals surface area contributed by atoms with Gasteiger partial charge in [0.05, 0.1) is 7.11 Å². The van der Waals surface area contributed by atoms with Crippen LogP contribution in [-0.2, 0) is 0 Å². The number of nitrogen functional groups attached to an aromatic ring is 1. The molecule has 58 valence electrons. The Morgan fingerprint density at radius 2 is 2.27 bits per heavy atom. The van der Waals surface area contributed by atoms with Gasteiger partial charge in [-0.1, -0.05) is 0 Å². The quantitative estimate of drug-likeness (QED) is 0.508. The molecule has 3 nitrogen and oxygen atoms in total. The van der Waals surface area contributed by atoms with Crippen molar-refractivity contribution in [2.75, 3.05) is 12.8 Å². The first-order valence-corrected chi connectivity index (χ1v) is 3.16. The third-order valence-corrected chi connectivity index (χ3v) is 1.42. The summed E-state index contributed by atoms with van der Waals surface area (Å²) in [5.74, 6) is 0.640. The predicted molar refractivity (Wildman–Crippen MR) is 42.8 cm³/mol. The Morgan fingerprint density at radius 3 is 2.82 bits per heavy atom. The van der Waals surface area contributed by atoms with E-state index < -0.39 is 0 Å². The first-order valence-electron chi connectivity index (χ1n) is 3.16. The van der Waals surface area contributed by atoms with E-state index >= 15 is 0 Å². The molecular weight excluding hydrogens is 142 g/mol. The van der Waals surface area contributed by atoms with Gasteiger partial charge < -0.3 is 10.5 Å². The normalized spacial score (nSPS) is 9.18. The molecule has 1 aromatic rings. The minimum atomic E-state index is 0.462. The number of carbonyl (C=O) groups is 1. The number of rotatable bonds is 2. The summed E-state index contributed by atoms with van der Waals surface area (Å²) in [6.07, 6.45) is 0.706. The minimum Gasteiger partial charge on any atom is -0.497 e. The van der Waals surface area contributed by atoms with E-state index in [0.29, 0.717) is 23.3 Å². The van der Waals surface area contributed by atoms with Crippen molar-refractivity contribution in [1.29, 1.82) is 0 Å². The second-order valence-electron chi connectivity index (χ2n) is 2.11. The van der Waals surface area contributed by atoms with Crippen molar-refractivity contribution in [3.63, 3.8) is 0 Å². The second kappa shape index (κ2) is 3.05. The first kappa shape index (κ1) is 7.60. The van der Waals surface area contributed by atoms with Crippen molar-refractivity contribution in [3.8, 4) is 5.75 Å². The van der Waals surface area contributed by atoms with Gasteiger partial charge in [-0.15, -0.1) is 0 Å². The zero-order valence-corrected chi connectivity index (χ0v) is 6.20. The maximum atomic E-state index is 10.4. The Morgan fingerprint density at radius 1 is 1.55 bits per heavy atom. The Hall–Kier alpha value is -1.51. The van der Waals surface area contributed by atoms with Crippen LogP contribution in [0.4, 0.5) is 5.69 Å². The first-order chi connectivity index (χ1) is 5.27. The Balaban J connectivity index is 3.12. The molecule has 1 rings (SSSR count). The van der Waals surface area contributed by atoms with Crippen LogP contribution in [0.2, 0.25) is 0 Å². The van der Waals surface area contributed by atoms with Crippen LogP contribution in [0, 0.1) is 0 Å². The number of hydrogen-bond donors (Lipinski definition) is 1. The molecule has 2 N–H and O–H groups in total. The smallest absolute Gasteiger partial charge is 0.152 e. The summed E-state index contributed by atoms with van der Waals surface area (Å²) in [6, 6.07) is 4.95. The lowest BCUT2D eigenvalue weighted by Crippen LogP contribution is -1.93. The number of anilines is 1. The zero-order chi connectivity index (χ0) is 8.27. The number of methoxy groups -OCH3 is 1. The van der Waals surface area contributed by atoms with E-state index in [1.165, 1.54) is 0 Å². The number of aldehydes is 1. The van der Waals surface area contributed by atoms with Gasteiger partial charge in [-0.25, -0.2) is 0 Å². The van der Waals surface area contributed by atoms with E-state index in [-0.39, 0.29) is 0 Å². The third-order valence-electron chi connectivity index (χ3n) is 1.42. The van der Waals surface area contributed by atoms with Gasteiger partial charge in [-0.2, -0.15) is 0 Å². The van der Waals surface area contributed by atoms with Gasteiger partial charge in [0.1, 0.15) is 5.75 Å². The van der Waals surface area contributed by atoms with Crippen LogP contribution in [0.3, 0.4) is 0 Å². The van der Waals surface area contributed by atoms with Crippen LogP contribution in [-0.4, -0.2) is 13.4 Å². The maximum Gasteiger partial charge on any atom is 0.152 e. The van der Waals surface area contributed by atoms with Gasteiger partial charge in [-0.05, 0) is 18.2 Å². The highest BCUT2D eigenvalue weighted by molar-refractivity contribution is 5.83. The maximum absolute atomic E-state index is 10.4. The third kappa shape index (κ3) is 1.49. The highest BCUT2D eigenvalue weighted by Gasteiger charge is 1.98.